The summed E-state index contributed by atoms with van der Waals surface area (Å²) in [7, 11) is 3.37. The number of ether oxygens (including phenoxy) is 3. The average Bonchev–Trinajstić information content (AvgIpc) is 3.21. The quantitative estimate of drug-likeness (QED) is 0.848. The van der Waals surface area contributed by atoms with Gasteiger partial charge in [0.25, 0.3) is 0 Å². The summed E-state index contributed by atoms with van der Waals surface area (Å²) in [5.74, 6) is 1.68. The van der Waals surface area contributed by atoms with E-state index in [1.165, 1.54) is 18.4 Å². The number of benzene rings is 1. The van der Waals surface area contributed by atoms with Gasteiger partial charge < -0.3 is 19.5 Å². The van der Waals surface area contributed by atoms with Crippen LogP contribution in [0.2, 0.25) is 0 Å². The molecule has 0 unspecified atom stereocenters. The minimum Gasteiger partial charge on any atom is -0.497 e. The normalized spacial score (nSPS) is 20.7. The van der Waals surface area contributed by atoms with Crippen molar-refractivity contribution in [2.24, 2.45) is 0 Å². The van der Waals surface area contributed by atoms with Crippen LogP contribution >= 0.6 is 0 Å². The third-order valence-electron chi connectivity index (χ3n) is 4.03. The van der Waals surface area contributed by atoms with Gasteiger partial charge in [-0.15, -0.1) is 0 Å². The fraction of sp³-hybridized carbons (Fsp3) is 0.600. The standard InChI is InChI=1S/C15H21NO3/c1-17-13-5-11(6-14(7-13)18-2)15(9-19-10-15)8-16-12-3-4-12/h5-7,12,16H,3-4,8-10H2,1-2H3. The Labute approximate surface area is 114 Å². The molecule has 1 aliphatic heterocycles. The molecular formula is C15H21NO3. The van der Waals surface area contributed by atoms with Gasteiger partial charge in [-0.1, -0.05) is 0 Å². The zero-order valence-corrected chi connectivity index (χ0v) is 11.6. The van der Waals surface area contributed by atoms with E-state index >= 15 is 0 Å². The first-order valence-electron chi connectivity index (χ1n) is 6.80. The minimum atomic E-state index is 0.0738. The Morgan fingerprint density at radius 1 is 1.16 bits per heavy atom. The Morgan fingerprint density at radius 2 is 1.79 bits per heavy atom. The van der Waals surface area contributed by atoms with Crippen LogP contribution in [0.25, 0.3) is 0 Å². The molecule has 0 radical (unpaired) electrons. The highest BCUT2D eigenvalue weighted by Gasteiger charge is 2.41. The summed E-state index contributed by atoms with van der Waals surface area (Å²) in [6, 6.07) is 6.81. The van der Waals surface area contributed by atoms with Crippen molar-refractivity contribution >= 4 is 0 Å². The molecule has 19 heavy (non-hydrogen) atoms. The van der Waals surface area contributed by atoms with Gasteiger partial charge in [-0.2, -0.15) is 0 Å². The summed E-state index contributed by atoms with van der Waals surface area (Å²) in [6.07, 6.45) is 2.61. The van der Waals surface area contributed by atoms with Gasteiger partial charge in [0.2, 0.25) is 0 Å². The van der Waals surface area contributed by atoms with E-state index in [4.69, 9.17) is 14.2 Å². The summed E-state index contributed by atoms with van der Waals surface area (Å²) in [5, 5.41) is 3.61. The molecule has 2 aliphatic rings. The molecule has 0 atom stereocenters. The van der Waals surface area contributed by atoms with Crippen molar-refractivity contribution in [3.63, 3.8) is 0 Å². The Bertz CT molecular complexity index is 430. The van der Waals surface area contributed by atoms with Crippen LogP contribution in [0.5, 0.6) is 11.5 Å². The van der Waals surface area contributed by atoms with Crippen LogP contribution in [-0.2, 0) is 10.2 Å². The number of hydrogen-bond acceptors (Lipinski definition) is 4. The van der Waals surface area contributed by atoms with Gasteiger partial charge in [0.1, 0.15) is 11.5 Å². The molecule has 1 aliphatic carbocycles. The Morgan fingerprint density at radius 3 is 2.21 bits per heavy atom. The van der Waals surface area contributed by atoms with Gasteiger partial charge in [-0.3, -0.25) is 0 Å². The Balaban J connectivity index is 1.84. The van der Waals surface area contributed by atoms with E-state index in [1.807, 2.05) is 6.07 Å². The maximum atomic E-state index is 5.47. The minimum absolute atomic E-state index is 0.0738. The Hall–Kier alpha value is -1.26. The molecular weight excluding hydrogens is 242 g/mol. The van der Waals surface area contributed by atoms with Crippen LogP contribution in [-0.4, -0.2) is 40.0 Å². The monoisotopic (exact) mass is 263 g/mol. The maximum Gasteiger partial charge on any atom is 0.122 e. The van der Waals surface area contributed by atoms with Crippen LogP contribution in [0, 0.1) is 0 Å². The predicted molar refractivity (Wildman–Crippen MR) is 73.1 cm³/mol. The third-order valence-corrected chi connectivity index (χ3v) is 4.03. The molecule has 0 bridgehead atoms. The number of nitrogens with one attached hydrogen (secondary N) is 1. The fourth-order valence-electron chi connectivity index (χ4n) is 2.46. The lowest BCUT2D eigenvalue weighted by atomic mass is 9.78. The molecule has 4 nitrogen and oxygen atoms in total. The summed E-state index contributed by atoms with van der Waals surface area (Å²) in [4.78, 5) is 0. The highest BCUT2D eigenvalue weighted by Crippen LogP contribution is 2.37. The summed E-state index contributed by atoms with van der Waals surface area (Å²) in [6.45, 7) is 2.50. The van der Waals surface area contributed by atoms with Crippen LogP contribution in [0.1, 0.15) is 18.4 Å². The van der Waals surface area contributed by atoms with E-state index in [9.17, 15) is 0 Å². The fourth-order valence-corrected chi connectivity index (χ4v) is 2.46. The van der Waals surface area contributed by atoms with E-state index < -0.39 is 0 Å². The molecule has 1 heterocycles. The van der Waals surface area contributed by atoms with E-state index in [0.717, 1.165) is 31.3 Å². The second-order valence-corrected chi connectivity index (χ2v) is 5.53. The van der Waals surface area contributed by atoms with Gasteiger partial charge in [0.15, 0.2) is 0 Å². The van der Waals surface area contributed by atoms with E-state index in [0.29, 0.717) is 6.04 Å². The van der Waals surface area contributed by atoms with Crippen LogP contribution < -0.4 is 14.8 Å². The zero-order valence-electron chi connectivity index (χ0n) is 11.6. The average molecular weight is 263 g/mol. The van der Waals surface area contributed by atoms with Crippen molar-refractivity contribution in [2.75, 3.05) is 34.0 Å². The molecule has 1 aromatic rings. The second-order valence-electron chi connectivity index (χ2n) is 5.53. The molecule has 4 heteroatoms. The lowest BCUT2D eigenvalue weighted by molar-refractivity contribution is -0.0593. The lowest BCUT2D eigenvalue weighted by Gasteiger charge is -2.42. The number of rotatable bonds is 6. The number of methoxy groups -OCH3 is 2. The maximum absolute atomic E-state index is 5.47. The molecule has 1 saturated carbocycles. The lowest BCUT2D eigenvalue weighted by Crippen LogP contribution is -2.53. The molecule has 0 amide bonds. The SMILES string of the molecule is COc1cc(OC)cc(C2(CNC3CC3)COC2)c1. The van der Waals surface area contributed by atoms with Crippen molar-refractivity contribution in [2.45, 2.75) is 24.3 Å². The van der Waals surface area contributed by atoms with Crippen molar-refractivity contribution in [1.29, 1.82) is 0 Å². The van der Waals surface area contributed by atoms with Gasteiger partial charge in [-0.25, -0.2) is 0 Å². The van der Waals surface area contributed by atoms with Crippen molar-refractivity contribution in [1.82, 2.24) is 5.32 Å². The van der Waals surface area contributed by atoms with Crippen LogP contribution in [0.3, 0.4) is 0 Å². The summed E-state index contributed by atoms with van der Waals surface area (Å²) in [5.41, 5.74) is 1.31. The smallest absolute Gasteiger partial charge is 0.122 e. The molecule has 0 aromatic heterocycles. The number of hydrogen-bond donors (Lipinski definition) is 1. The first-order chi connectivity index (χ1) is 9.25. The highest BCUT2D eigenvalue weighted by molar-refractivity contribution is 5.43. The van der Waals surface area contributed by atoms with Crippen molar-refractivity contribution < 1.29 is 14.2 Å². The molecule has 0 spiro atoms. The largest absolute Gasteiger partial charge is 0.497 e. The van der Waals surface area contributed by atoms with Gasteiger partial charge >= 0.3 is 0 Å². The highest BCUT2D eigenvalue weighted by atomic mass is 16.5. The summed E-state index contributed by atoms with van der Waals surface area (Å²) >= 11 is 0. The molecule has 1 saturated heterocycles. The summed E-state index contributed by atoms with van der Waals surface area (Å²) < 4.78 is 16.2. The van der Waals surface area contributed by atoms with Gasteiger partial charge in [0.05, 0.1) is 32.8 Å². The Kier molecular flexibility index (Phi) is 3.37. The molecule has 1 N–H and O–H groups in total. The van der Waals surface area contributed by atoms with Gasteiger partial charge in [0, 0.05) is 18.7 Å². The molecule has 1 aromatic carbocycles. The third kappa shape index (κ3) is 2.55. The van der Waals surface area contributed by atoms with E-state index in [-0.39, 0.29) is 5.41 Å². The first-order valence-corrected chi connectivity index (χ1v) is 6.80. The topological polar surface area (TPSA) is 39.7 Å². The molecule has 3 rings (SSSR count). The van der Waals surface area contributed by atoms with Crippen molar-refractivity contribution in [3.05, 3.63) is 23.8 Å². The van der Waals surface area contributed by atoms with Crippen LogP contribution in [0.15, 0.2) is 18.2 Å². The zero-order chi connectivity index (χ0) is 13.3. The van der Waals surface area contributed by atoms with Crippen molar-refractivity contribution in [3.8, 4) is 11.5 Å². The van der Waals surface area contributed by atoms with Crippen LogP contribution in [0.4, 0.5) is 0 Å². The second kappa shape index (κ2) is 5.02. The van der Waals surface area contributed by atoms with Gasteiger partial charge in [-0.05, 0) is 30.5 Å². The van der Waals surface area contributed by atoms with E-state index in [1.54, 1.807) is 14.2 Å². The first kappa shape index (κ1) is 12.8. The molecule has 104 valence electrons. The molecule has 2 fully saturated rings. The van der Waals surface area contributed by atoms with E-state index in [2.05, 4.69) is 17.4 Å². The predicted octanol–water partition coefficient (Wildman–Crippen LogP) is 1.72.